The molecular weight excluding hydrogens is 406 g/mol. The van der Waals surface area contributed by atoms with Crippen LogP contribution in [-0.2, 0) is 11.2 Å². The predicted octanol–water partition coefficient (Wildman–Crippen LogP) is 4.25. The van der Waals surface area contributed by atoms with Crippen LogP contribution in [0.4, 0.5) is 11.4 Å². The number of carbonyl (C=O) groups is 1. The highest BCUT2D eigenvalue weighted by molar-refractivity contribution is 5.95. The molecule has 1 amide bonds. The van der Waals surface area contributed by atoms with E-state index >= 15 is 0 Å². The van der Waals surface area contributed by atoms with E-state index in [4.69, 9.17) is 0 Å². The summed E-state index contributed by atoms with van der Waals surface area (Å²) in [5.41, 5.74) is 3.86. The van der Waals surface area contributed by atoms with Crippen LogP contribution in [0.1, 0.15) is 5.56 Å². The highest BCUT2D eigenvalue weighted by Crippen LogP contribution is 2.25. The number of imidazole rings is 1. The van der Waals surface area contributed by atoms with Crippen LogP contribution in [0.15, 0.2) is 72.8 Å². The third-order valence-corrected chi connectivity index (χ3v) is 5.30. The summed E-state index contributed by atoms with van der Waals surface area (Å²) in [6.07, 6.45) is 0.614. The molecule has 1 atom stereocenters. The lowest BCUT2D eigenvalue weighted by molar-refractivity contribution is -0.384. The highest BCUT2D eigenvalue weighted by Gasteiger charge is 2.21. The van der Waals surface area contributed by atoms with Gasteiger partial charge in [0.05, 0.1) is 22.0 Å². The second-order valence-corrected chi connectivity index (χ2v) is 7.78. The number of hydrogen-bond donors (Lipinski definition) is 2. The first kappa shape index (κ1) is 21.2. The first-order valence-corrected chi connectivity index (χ1v) is 10.2. The molecule has 4 rings (SSSR count). The summed E-state index contributed by atoms with van der Waals surface area (Å²) in [5.74, 6) is 0.524. The van der Waals surface area contributed by atoms with Crippen molar-refractivity contribution in [1.29, 1.82) is 0 Å². The van der Waals surface area contributed by atoms with Gasteiger partial charge in [0.15, 0.2) is 0 Å². The number of carbonyl (C=O) groups excluding carboxylic acids is 1. The third-order valence-electron chi connectivity index (χ3n) is 5.30. The van der Waals surface area contributed by atoms with Gasteiger partial charge in [0, 0.05) is 23.4 Å². The Morgan fingerprint density at radius 2 is 1.81 bits per heavy atom. The van der Waals surface area contributed by atoms with Crippen LogP contribution in [0.25, 0.3) is 22.4 Å². The van der Waals surface area contributed by atoms with Crippen LogP contribution in [0.5, 0.6) is 0 Å². The number of fused-ring (bicyclic) bond motifs is 1. The molecule has 8 heteroatoms. The first-order valence-electron chi connectivity index (χ1n) is 10.2. The SMILES string of the molecule is CN(C)C(Cc1ccccc1)C(=O)Nc1ccc(-c2nc3ccc([N+](=O)[O-])cc3[nH]2)cc1. The maximum absolute atomic E-state index is 12.9. The second kappa shape index (κ2) is 8.99. The number of nitrogens with one attached hydrogen (secondary N) is 2. The van der Waals surface area contributed by atoms with Gasteiger partial charge in [0.1, 0.15) is 5.82 Å². The van der Waals surface area contributed by atoms with Gasteiger partial charge >= 0.3 is 0 Å². The molecule has 0 fully saturated rings. The molecule has 0 saturated carbocycles. The number of amides is 1. The van der Waals surface area contributed by atoms with Gasteiger partial charge in [-0.05, 0) is 56.4 Å². The van der Waals surface area contributed by atoms with E-state index in [2.05, 4.69) is 15.3 Å². The number of benzene rings is 3. The minimum absolute atomic E-state index is 0.0108. The molecule has 0 bridgehead atoms. The fraction of sp³-hybridized carbons (Fsp3) is 0.167. The Balaban J connectivity index is 1.49. The molecule has 1 heterocycles. The lowest BCUT2D eigenvalue weighted by Crippen LogP contribution is -2.41. The van der Waals surface area contributed by atoms with Gasteiger partial charge in [-0.25, -0.2) is 4.98 Å². The van der Waals surface area contributed by atoms with E-state index in [1.165, 1.54) is 12.1 Å². The summed E-state index contributed by atoms with van der Waals surface area (Å²) in [5, 5.41) is 14.0. The van der Waals surface area contributed by atoms with Crippen LogP contribution in [0.2, 0.25) is 0 Å². The number of nitro benzene ring substituents is 1. The van der Waals surface area contributed by atoms with Crippen LogP contribution in [-0.4, -0.2) is 45.8 Å². The number of rotatable bonds is 7. The van der Waals surface area contributed by atoms with E-state index in [9.17, 15) is 14.9 Å². The van der Waals surface area contributed by atoms with Crippen molar-refractivity contribution in [2.24, 2.45) is 0 Å². The lowest BCUT2D eigenvalue weighted by atomic mass is 10.0. The maximum Gasteiger partial charge on any atom is 0.271 e. The Hall–Kier alpha value is -4.04. The van der Waals surface area contributed by atoms with Gasteiger partial charge in [0.2, 0.25) is 5.91 Å². The predicted molar refractivity (Wildman–Crippen MR) is 124 cm³/mol. The van der Waals surface area contributed by atoms with Crippen molar-refractivity contribution >= 4 is 28.3 Å². The maximum atomic E-state index is 12.9. The molecule has 3 aromatic carbocycles. The lowest BCUT2D eigenvalue weighted by Gasteiger charge is -2.23. The molecule has 4 aromatic rings. The van der Waals surface area contributed by atoms with E-state index in [-0.39, 0.29) is 17.6 Å². The van der Waals surface area contributed by atoms with Gasteiger partial charge in [-0.15, -0.1) is 0 Å². The number of nitro groups is 1. The average molecular weight is 429 g/mol. The second-order valence-electron chi connectivity index (χ2n) is 7.78. The van der Waals surface area contributed by atoms with Crippen LogP contribution >= 0.6 is 0 Å². The Labute approximate surface area is 185 Å². The minimum Gasteiger partial charge on any atom is -0.338 e. The molecule has 0 aliphatic carbocycles. The number of non-ortho nitro benzene ring substituents is 1. The summed E-state index contributed by atoms with van der Waals surface area (Å²) < 4.78 is 0. The molecule has 8 nitrogen and oxygen atoms in total. The summed E-state index contributed by atoms with van der Waals surface area (Å²) in [6.45, 7) is 0. The Morgan fingerprint density at radius 3 is 2.47 bits per heavy atom. The molecule has 2 N–H and O–H groups in total. The minimum atomic E-state index is -0.434. The number of likely N-dealkylation sites (N-methyl/N-ethyl adjacent to an activating group) is 1. The fourth-order valence-electron chi connectivity index (χ4n) is 3.53. The van der Waals surface area contributed by atoms with Crippen molar-refractivity contribution in [3.05, 3.63) is 88.5 Å². The molecule has 0 saturated heterocycles. The molecule has 0 radical (unpaired) electrons. The van der Waals surface area contributed by atoms with E-state index in [0.29, 0.717) is 29.0 Å². The van der Waals surface area contributed by atoms with Crippen molar-refractivity contribution < 1.29 is 9.72 Å². The largest absolute Gasteiger partial charge is 0.338 e. The summed E-state index contributed by atoms with van der Waals surface area (Å²) in [7, 11) is 3.78. The van der Waals surface area contributed by atoms with Gasteiger partial charge in [-0.1, -0.05) is 30.3 Å². The summed E-state index contributed by atoms with van der Waals surface area (Å²) in [4.78, 5) is 33.0. The van der Waals surface area contributed by atoms with Crippen molar-refractivity contribution in [2.75, 3.05) is 19.4 Å². The summed E-state index contributed by atoms with van der Waals surface area (Å²) in [6, 6.07) is 21.5. The van der Waals surface area contributed by atoms with Crippen molar-refractivity contribution in [3.8, 4) is 11.4 Å². The monoisotopic (exact) mass is 429 g/mol. The average Bonchev–Trinajstić information content (AvgIpc) is 3.21. The highest BCUT2D eigenvalue weighted by atomic mass is 16.6. The van der Waals surface area contributed by atoms with Crippen molar-refractivity contribution in [1.82, 2.24) is 14.9 Å². The zero-order chi connectivity index (χ0) is 22.7. The zero-order valence-corrected chi connectivity index (χ0v) is 17.8. The van der Waals surface area contributed by atoms with E-state index in [0.717, 1.165) is 11.1 Å². The van der Waals surface area contributed by atoms with Crippen LogP contribution in [0, 0.1) is 10.1 Å². The summed E-state index contributed by atoms with van der Waals surface area (Å²) >= 11 is 0. The van der Waals surface area contributed by atoms with Crippen LogP contribution < -0.4 is 5.32 Å². The number of anilines is 1. The quantitative estimate of drug-likeness (QED) is 0.338. The van der Waals surface area contributed by atoms with Gasteiger partial charge in [-0.2, -0.15) is 0 Å². The van der Waals surface area contributed by atoms with Crippen LogP contribution in [0.3, 0.4) is 0 Å². The number of H-pyrrole nitrogens is 1. The molecule has 1 aromatic heterocycles. The molecule has 0 spiro atoms. The number of aromatic nitrogens is 2. The van der Waals surface area contributed by atoms with Gasteiger partial charge in [-0.3, -0.25) is 19.8 Å². The standard InChI is InChI=1S/C24H23N5O3/c1-28(2)22(14-16-6-4-3-5-7-16)24(30)25-18-10-8-17(9-11-18)23-26-20-13-12-19(29(31)32)15-21(20)27-23/h3-13,15,22H,14H2,1-2H3,(H,25,30)(H,26,27). The molecule has 32 heavy (non-hydrogen) atoms. The number of nitrogens with zero attached hydrogens (tertiary/aromatic N) is 3. The zero-order valence-electron chi connectivity index (χ0n) is 17.8. The Bertz CT molecular complexity index is 1250. The normalized spacial score (nSPS) is 12.1. The molecule has 1 unspecified atom stereocenters. The third kappa shape index (κ3) is 4.65. The molecule has 162 valence electrons. The smallest absolute Gasteiger partial charge is 0.271 e. The van der Waals surface area contributed by atoms with E-state index in [1.807, 2.05) is 73.6 Å². The van der Waals surface area contributed by atoms with Crippen molar-refractivity contribution in [3.63, 3.8) is 0 Å². The van der Waals surface area contributed by atoms with Gasteiger partial charge < -0.3 is 10.3 Å². The van der Waals surface area contributed by atoms with Crippen molar-refractivity contribution in [2.45, 2.75) is 12.5 Å². The first-order chi connectivity index (χ1) is 15.4. The Kier molecular flexibility index (Phi) is 5.96. The van der Waals surface area contributed by atoms with Gasteiger partial charge in [0.25, 0.3) is 5.69 Å². The molecule has 0 aliphatic heterocycles. The number of hydrogen-bond acceptors (Lipinski definition) is 5. The number of aromatic amines is 1. The Morgan fingerprint density at radius 1 is 1.09 bits per heavy atom. The topological polar surface area (TPSA) is 104 Å². The van der Waals surface area contributed by atoms with E-state index in [1.54, 1.807) is 6.07 Å². The molecule has 0 aliphatic rings. The fourth-order valence-corrected chi connectivity index (χ4v) is 3.53. The van der Waals surface area contributed by atoms with E-state index < -0.39 is 4.92 Å². The molecular formula is C24H23N5O3.